The van der Waals surface area contributed by atoms with Crippen molar-refractivity contribution in [2.45, 2.75) is 0 Å². The molecule has 78 valence electrons. The van der Waals surface area contributed by atoms with Crippen LogP contribution in [0.3, 0.4) is 0 Å². The van der Waals surface area contributed by atoms with E-state index in [1.165, 1.54) is 0 Å². The molecule has 1 aromatic carbocycles. The number of pyridine rings is 1. The lowest BCUT2D eigenvalue weighted by Gasteiger charge is -2.04. The maximum Gasteiger partial charge on any atom is 0.0964 e. The van der Waals surface area contributed by atoms with Gasteiger partial charge in [0.2, 0.25) is 0 Å². The molecule has 0 spiro atoms. The van der Waals surface area contributed by atoms with Crippen LogP contribution in [0.4, 0.5) is 5.69 Å². The second-order valence-electron chi connectivity index (χ2n) is 3.30. The van der Waals surface area contributed by atoms with Gasteiger partial charge in [0.25, 0.3) is 0 Å². The van der Waals surface area contributed by atoms with Crippen LogP contribution in [0.15, 0.2) is 54.7 Å². The van der Waals surface area contributed by atoms with Gasteiger partial charge >= 0.3 is 0 Å². The fourth-order valence-corrected chi connectivity index (χ4v) is 1.57. The SMILES string of the molecule is C=C/C=N\c1c(C=C)ccc2cccnc12. The van der Waals surface area contributed by atoms with Crippen LogP contribution in [0.25, 0.3) is 17.0 Å². The van der Waals surface area contributed by atoms with E-state index in [1.54, 1.807) is 24.6 Å². The first-order valence-electron chi connectivity index (χ1n) is 5.02. The number of hydrogen-bond donors (Lipinski definition) is 0. The van der Waals surface area contributed by atoms with Crippen LogP contribution < -0.4 is 0 Å². The van der Waals surface area contributed by atoms with Crippen molar-refractivity contribution < 1.29 is 0 Å². The quantitative estimate of drug-likeness (QED) is 0.705. The summed E-state index contributed by atoms with van der Waals surface area (Å²) < 4.78 is 0. The predicted molar refractivity (Wildman–Crippen MR) is 70.2 cm³/mol. The predicted octanol–water partition coefficient (Wildman–Crippen LogP) is 3.77. The molecule has 0 aliphatic carbocycles. The highest BCUT2D eigenvalue weighted by Crippen LogP contribution is 2.28. The Bertz CT molecular complexity index is 568. The van der Waals surface area contributed by atoms with Crippen molar-refractivity contribution in [1.29, 1.82) is 0 Å². The van der Waals surface area contributed by atoms with Crippen molar-refractivity contribution in [3.63, 3.8) is 0 Å². The minimum Gasteiger partial charge on any atom is -0.254 e. The normalized spacial score (nSPS) is 10.8. The summed E-state index contributed by atoms with van der Waals surface area (Å²) in [5.41, 5.74) is 2.70. The highest BCUT2D eigenvalue weighted by atomic mass is 14.8. The van der Waals surface area contributed by atoms with Gasteiger partial charge in [0, 0.05) is 23.4 Å². The molecule has 0 amide bonds. The third-order valence-electron chi connectivity index (χ3n) is 2.31. The molecule has 2 nitrogen and oxygen atoms in total. The highest BCUT2D eigenvalue weighted by molar-refractivity contribution is 5.95. The maximum absolute atomic E-state index is 4.35. The molecule has 2 rings (SSSR count). The Morgan fingerprint density at radius 3 is 2.81 bits per heavy atom. The number of aromatic nitrogens is 1. The molecule has 1 aromatic heterocycles. The minimum atomic E-state index is 0.841. The molecule has 0 atom stereocenters. The monoisotopic (exact) mass is 208 g/mol. The van der Waals surface area contributed by atoms with E-state index in [1.807, 2.05) is 24.3 Å². The van der Waals surface area contributed by atoms with Crippen molar-refractivity contribution in [2.24, 2.45) is 4.99 Å². The molecular weight excluding hydrogens is 196 g/mol. The summed E-state index contributed by atoms with van der Waals surface area (Å²) in [4.78, 5) is 8.69. The largest absolute Gasteiger partial charge is 0.254 e. The van der Waals surface area contributed by atoms with Crippen molar-refractivity contribution in [1.82, 2.24) is 4.98 Å². The van der Waals surface area contributed by atoms with Crippen LogP contribution in [-0.2, 0) is 0 Å². The van der Waals surface area contributed by atoms with Crippen LogP contribution in [0.2, 0.25) is 0 Å². The van der Waals surface area contributed by atoms with Gasteiger partial charge in [0.1, 0.15) is 0 Å². The Morgan fingerprint density at radius 2 is 2.06 bits per heavy atom. The molecule has 0 aliphatic rings. The van der Waals surface area contributed by atoms with Crippen LogP contribution in [-0.4, -0.2) is 11.2 Å². The number of nitrogens with zero attached hydrogens (tertiary/aromatic N) is 2. The van der Waals surface area contributed by atoms with Gasteiger partial charge in [-0.1, -0.05) is 43.5 Å². The summed E-state index contributed by atoms with van der Waals surface area (Å²) in [6, 6.07) is 7.94. The topological polar surface area (TPSA) is 25.2 Å². The van der Waals surface area contributed by atoms with Crippen molar-refractivity contribution in [3.05, 3.63) is 55.3 Å². The zero-order valence-corrected chi connectivity index (χ0v) is 8.93. The number of rotatable bonds is 3. The molecule has 0 N–H and O–H groups in total. The van der Waals surface area contributed by atoms with E-state index in [-0.39, 0.29) is 0 Å². The summed E-state index contributed by atoms with van der Waals surface area (Å²) in [7, 11) is 0. The Labute approximate surface area is 94.7 Å². The lowest BCUT2D eigenvalue weighted by atomic mass is 10.1. The van der Waals surface area contributed by atoms with Crippen molar-refractivity contribution in [2.75, 3.05) is 0 Å². The van der Waals surface area contributed by atoms with Crippen LogP contribution in [0.1, 0.15) is 5.56 Å². The fourth-order valence-electron chi connectivity index (χ4n) is 1.57. The Balaban J connectivity index is 2.77. The summed E-state index contributed by atoms with van der Waals surface area (Å²) >= 11 is 0. The minimum absolute atomic E-state index is 0.841. The standard InChI is InChI=1S/C14H12N2/c1-3-9-15-13-11(4-2)7-8-12-6-5-10-16-14(12)13/h3-10H,1-2H2/b15-9-. The molecule has 0 aliphatic heterocycles. The fraction of sp³-hybridized carbons (Fsp3) is 0. The third kappa shape index (κ3) is 1.77. The van der Waals surface area contributed by atoms with Crippen LogP contribution in [0, 0.1) is 0 Å². The van der Waals surface area contributed by atoms with E-state index in [0.717, 1.165) is 22.2 Å². The van der Waals surface area contributed by atoms with E-state index >= 15 is 0 Å². The molecule has 0 fully saturated rings. The first-order chi connectivity index (χ1) is 7.86. The number of hydrogen-bond acceptors (Lipinski definition) is 2. The van der Waals surface area contributed by atoms with Gasteiger partial charge in [0.05, 0.1) is 11.2 Å². The molecule has 16 heavy (non-hydrogen) atoms. The second kappa shape index (κ2) is 4.53. The first-order valence-corrected chi connectivity index (χ1v) is 5.02. The summed E-state index contributed by atoms with van der Waals surface area (Å²) in [5.74, 6) is 0. The molecule has 1 heterocycles. The molecule has 0 unspecified atom stereocenters. The second-order valence-corrected chi connectivity index (χ2v) is 3.30. The average Bonchev–Trinajstić information content (AvgIpc) is 2.35. The Kier molecular flexibility index (Phi) is 2.92. The third-order valence-corrected chi connectivity index (χ3v) is 2.31. The number of allylic oxidation sites excluding steroid dienone is 1. The van der Waals surface area contributed by atoms with Gasteiger partial charge < -0.3 is 0 Å². The van der Waals surface area contributed by atoms with Gasteiger partial charge in [-0.25, -0.2) is 0 Å². The molecule has 2 aromatic rings. The number of benzene rings is 1. The van der Waals surface area contributed by atoms with E-state index < -0.39 is 0 Å². The van der Waals surface area contributed by atoms with Crippen molar-refractivity contribution in [3.8, 4) is 0 Å². The van der Waals surface area contributed by atoms with E-state index in [9.17, 15) is 0 Å². The summed E-state index contributed by atoms with van der Waals surface area (Å²) in [6.45, 7) is 7.39. The van der Waals surface area contributed by atoms with Gasteiger partial charge in [-0.2, -0.15) is 0 Å². The smallest absolute Gasteiger partial charge is 0.0964 e. The molecule has 0 radical (unpaired) electrons. The Hall–Kier alpha value is -2.22. The highest BCUT2D eigenvalue weighted by Gasteiger charge is 2.04. The van der Waals surface area contributed by atoms with E-state index in [0.29, 0.717) is 0 Å². The van der Waals surface area contributed by atoms with Gasteiger partial charge in [0.15, 0.2) is 0 Å². The zero-order chi connectivity index (χ0) is 11.4. The molecule has 2 heteroatoms. The molecule has 0 saturated heterocycles. The van der Waals surface area contributed by atoms with Crippen LogP contribution in [0.5, 0.6) is 0 Å². The lowest BCUT2D eigenvalue weighted by molar-refractivity contribution is 1.39. The first kappa shape index (κ1) is 10.3. The zero-order valence-electron chi connectivity index (χ0n) is 8.93. The number of aliphatic imine (C=N–C) groups is 1. The van der Waals surface area contributed by atoms with Gasteiger partial charge in [-0.15, -0.1) is 0 Å². The van der Waals surface area contributed by atoms with Gasteiger partial charge in [-0.05, 0) is 6.07 Å². The number of fused-ring (bicyclic) bond motifs is 1. The molecular formula is C14H12N2. The maximum atomic E-state index is 4.35. The summed E-state index contributed by atoms with van der Waals surface area (Å²) in [5, 5.41) is 1.07. The summed E-state index contributed by atoms with van der Waals surface area (Å²) in [6.07, 6.45) is 6.86. The Morgan fingerprint density at radius 1 is 1.19 bits per heavy atom. The van der Waals surface area contributed by atoms with E-state index in [2.05, 4.69) is 23.1 Å². The molecule has 0 bridgehead atoms. The average molecular weight is 208 g/mol. The molecule has 0 saturated carbocycles. The lowest BCUT2D eigenvalue weighted by Crippen LogP contribution is -1.82. The van der Waals surface area contributed by atoms with Gasteiger partial charge in [-0.3, -0.25) is 9.98 Å². The van der Waals surface area contributed by atoms with Crippen molar-refractivity contribution >= 4 is 28.9 Å². The van der Waals surface area contributed by atoms with E-state index in [4.69, 9.17) is 0 Å². The van der Waals surface area contributed by atoms with Crippen LogP contribution >= 0.6 is 0 Å².